The summed E-state index contributed by atoms with van der Waals surface area (Å²) in [5.74, 6) is 5.68. The third-order valence-corrected chi connectivity index (χ3v) is 7.81. The van der Waals surface area contributed by atoms with Crippen LogP contribution in [0.2, 0.25) is 0 Å². The maximum absolute atomic E-state index is 13.6. The molecule has 2 aliphatic rings. The second-order valence-electron chi connectivity index (χ2n) is 11.4. The topological polar surface area (TPSA) is 45.2 Å². The summed E-state index contributed by atoms with van der Waals surface area (Å²) in [4.78, 5) is 19.4. The molecule has 2 aliphatic heterocycles. The van der Waals surface area contributed by atoms with Gasteiger partial charge in [-0.1, -0.05) is 24.0 Å². The molecule has 0 aliphatic carbocycles. The lowest BCUT2D eigenvalue weighted by Crippen LogP contribution is -2.56. The number of hydrogen-bond donors (Lipinski definition) is 0. The molecule has 12 heteroatoms. The fourth-order valence-corrected chi connectivity index (χ4v) is 5.28. The Morgan fingerprint density at radius 1 is 0.953 bits per heavy atom. The van der Waals surface area contributed by atoms with Crippen molar-refractivity contribution in [3.63, 3.8) is 0 Å². The molecule has 2 aromatic rings. The SMILES string of the molecule is COc1cc(C(=O)N2CCN(CC#CCN3CCOCC3(C)C)C[C@H]2Cc2ccc(C(F)(F)F)cc2)cc(C(F)(F)F)c1. The van der Waals surface area contributed by atoms with Crippen molar-refractivity contribution in [2.24, 2.45) is 0 Å². The molecular formula is C31H35F6N3O3. The molecule has 2 aromatic carbocycles. The number of amides is 1. The molecule has 0 spiro atoms. The van der Waals surface area contributed by atoms with Gasteiger partial charge in [0.2, 0.25) is 0 Å². The van der Waals surface area contributed by atoms with E-state index in [0.717, 1.165) is 30.8 Å². The Morgan fingerprint density at radius 3 is 2.26 bits per heavy atom. The highest BCUT2D eigenvalue weighted by Gasteiger charge is 2.36. The average Bonchev–Trinajstić information content (AvgIpc) is 2.94. The van der Waals surface area contributed by atoms with Crippen LogP contribution < -0.4 is 4.74 Å². The van der Waals surface area contributed by atoms with Crippen LogP contribution in [0.3, 0.4) is 0 Å². The maximum Gasteiger partial charge on any atom is 0.416 e. The van der Waals surface area contributed by atoms with E-state index in [1.54, 1.807) is 0 Å². The van der Waals surface area contributed by atoms with Crippen molar-refractivity contribution in [3.8, 4) is 17.6 Å². The molecular weight excluding hydrogens is 576 g/mol. The van der Waals surface area contributed by atoms with E-state index in [0.29, 0.717) is 45.0 Å². The first-order chi connectivity index (χ1) is 20.2. The molecule has 2 fully saturated rings. The van der Waals surface area contributed by atoms with Crippen molar-refractivity contribution >= 4 is 5.91 Å². The van der Waals surface area contributed by atoms with Crippen LogP contribution in [0.4, 0.5) is 26.3 Å². The van der Waals surface area contributed by atoms with Gasteiger partial charge in [0.1, 0.15) is 5.75 Å². The molecule has 43 heavy (non-hydrogen) atoms. The fourth-order valence-electron chi connectivity index (χ4n) is 5.28. The van der Waals surface area contributed by atoms with Gasteiger partial charge in [0.15, 0.2) is 0 Å². The number of alkyl halides is 6. The lowest BCUT2D eigenvalue weighted by atomic mass is 9.99. The number of morpholine rings is 1. The van der Waals surface area contributed by atoms with Crippen molar-refractivity contribution in [1.29, 1.82) is 0 Å². The van der Waals surface area contributed by atoms with E-state index in [1.807, 2.05) is 4.90 Å². The van der Waals surface area contributed by atoms with Crippen molar-refractivity contribution in [2.45, 2.75) is 44.2 Å². The van der Waals surface area contributed by atoms with Gasteiger partial charge in [-0.25, -0.2) is 0 Å². The van der Waals surface area contributed by atoms with Gasteiger partial charge in [0.25, 0.3) is 5.91 Å². The van der Waals surface area contributed by atoms with Crippen molar-refractivity contribution < 1.29 is 40.6 Å². The van der Waals surface area contributed by atoms with Crippen LogP contribution >= 0.6 is 0 Å². The van der Waals surface area contributed by atoms with Gasteiger partial charge < -0.3 is 14.4 Å². The Labute approximate surface area is 247 Å². The largest absolute Gasteiger partial charge is 0.497 e. The highest BCUT2D eigenvalue weighted by molar-refractivity contribution is 5.95. The normalized spacial score (nSPS) is 19.9. The van der Waals surface area contributed by atoms with Crippen LogP contribution in [-0.4, -0.2) is 91.8 Å². The minimum atomic E-state index is -4.68. The maximum atomic E-state index is 13.6. The first-order valence-corrected chi connectivity index (χ1v) is 13.9. The van der Waals surface area contributed by atoms with Gasteiger partial charge in [-0.2, -0.15) is 26.3 Å². The minimum absolute atomic E-state index is 0.102. The Bertz CT molecular complexity index is 1330. The van der Waals surface area contributed by atoms with E-state index < -0.39 is 35.4 Å². The number of benzene rings is 2. The lowest BCUT2D eigenvalue weighted by Gasteiger charge is -2.41. The molecule has 0 unspecified atom stereocenters. The second-order valence-corrected chi connectivity index (χ2v) is 11.4. The monoisotopic (exact) mass is 611 g/mol. The quantitative estimate of drug-likeness (QED) is 0.332. The summed E-state index contributed by atoms with van der Waals surface area (Å²) in [6, 6.07) is 7.06. The number of hydrogen-bond acceptors (Lipinski definition) is 5. The van der Waals surface area contributed by atoms with Crippen LogP contribution in [0.1, 0.15) is 40.9 Å². The summed E-state index contributed by atoms with van der Waals surface area (Å²) in [7, 11) is 1.22. The molecule has 0 bridgehead atoms. The van der Waals surface area contributed by atoms with E-state index in [-0.39, 0.29) is 29.8 Å². The predicted molar refractivity (Wildman–Crippen MR) is 149 cm³/mol. The van der Waals surface area contributed by atoms with Crippen LogP contribution in [0.5, 0.6) is 5.75 Å². The lowest BCUT2D eigenvalue weighted by molar-refractivity contribution is -0.138. The standard InChI is InChI=1S/C31H35F6N3O3/c1-29(2)21-43-15-14-39(29)11-5-4-10-38-12-13-40(26(20-38)16-22-6-8-24(9-7-22)30(32,33)34)28(41)23-17-25(31(35,36)37)19-27(18-23)42-3/h6-9,17-19,26H,10-16,20-21H2,1-3H3/t26-/m1/s1. The van der Waals surface area contributed by atoms with Gasteiger partial charge >= 0.3 is 12.4 Å². The molecule has 6 nitrogen and oxygen atoms in total. The smallest absolute Gasteiger partial charge is 0.416 e. The Morgan fingerprint density at radius 2 is 1.63 bits per heavy atom. The molecule has 0 N–H and O–H groups in total. The van der Waals surface area contributed by atoms with Crippen molar-refractivity contribution in [2.75, 3.05) is 59.6 Å². The number of halogens is 6. The summed E-state index contributed by atoms with van der Waals surface area (Å²) in [5, 5.41) is 0. The Kier molecular flexibility index (Phi) is 9.99. The molecule has 2 heterocycles. The summed E-state index contributed by atoms with van der Waals surface area (Å²) >= 11 is 0. The number of ether oxygens (including phenoxy) is 2. The fraction of sp³-hybridized carbons (Fsp3) is 0.516. The van der Waals surface area contributed by atoms with Gasteiger partial charge in [-0.15, -0.1) is 0 Å². The molecule has 1 atom stereocenters. The summed E-state index contributed by atoms with van der Waals surface area (Å²) < 4.78 is 90.5. The number of rotatable bonds is 6. The summed E-state index contributed by atoms with van der Waals surface area (Å²) in [6.07, 6.45) is -8.96. The van der Waals surface area contributed by atoms with E-state index >= 15 is 0 Å². The molecule has 0 saturated carbocycles. The number of carbonyl (C=O) groups excluding carboxylic acids is 1. The zero-order valence-electron chi connectivity index (χ0n) is 24.3. The van der Waals surface area contributed by atoms with E-state index in [1.165, 1.54) is 30.2 Å². The molecule has 2 saturated heterocycles. The molecule has 234 valence electrons. The van der Waals surface area contributed by atoms with Crippen LogP contribution in [-0.2, 0) is 23.5 Å². The van der Waals surface area contributed by atoms with Gasteiger partial charge in [-0.3, -0.25) is 14.6 Å². The molecule has 1 amide bonds. The van der Waals surface area contributed by atoms with Gasteiger partial charge in [0.05, 0.1) is 44.5 Å². The van der Waals surface area contributed by atoms with Crippen molar-refractivity contribution in [1.82, 2.24) is 14.7 Å². The van der Waals surface area contributed by atoms with E-state index in [4.69, 9.17) is 9.47 Å². The second kappa shape index (κ2) is 13.2. The zero-order valence-corrected chi connectivity index (χ0v) is 24.3. The highest BCUT2D eigenvalue weighted by Crippen LogP contribution is 2.34. The number of carbonyl (C=O) groups is 1. The third-order valence-electron chi connectivity index (χ3n) is 7.81. The highest BCUT2D eigenvalue weighted by atomic mass is 19.4. The average molecular weight is 612 g/mol. The first kappa shape index (κ1) is 32.6. The van der Waals surface area contributed by atoms with Gasteiger partial charge in [0, 0.05) is 43.3 Å². The van der Waals surface area contributed by atoms with Crippen LogP contribution in [0.15, 0.2) is 42.5 Å². The van der Waals surface area contributed by atoms with Crippen LogP contribution in [0.25, 0.3) is 0 Å². The Balaban J connectivity index is 1.53. The molecule has 0 radical (unpaired) electrons. The minimum Gasteiger partial charge on any atom is -0.497 e. The number of nitrogens with zero attached hydrogens (tertiary/aromatic N) is 3. The van der Waals surface area contributed by atoms with Crippen molar-refractivity contribution in [3.05, 3.63) is 64.7 Å². The Hall–Kier alpha value is -3.27. The summed E-state index contributed by atoms with van der Waals surface area (Å²) in [6.45, 7) is 8.20. The summed E-state index contributed by atoms with van der Waals surface area (Å²) in [5.41, 5.74) is -1.53. The zero-order chi connectivity index (χ0) is 31.4. The van der Waals surface area contributed by atoms with E-state index in [2.05, 4.69) is 30.6 Å². The van der Waals surface area contributed by atoms with E-state index in [9.17, 15) is 31.1 Å². The third kappa shape index (κ3) is 8.43. The number of methoxy groups -OCH3 is 1. The molecule has 4 rings (SSSR count). The molecule has 0 aromatic heterocycles. The number of piperazine rings is 1. The predicted octanol–water partition coefficient (Wildman–Crippen LogP) is 5.22. The van der Waals surface area contributed by atoms with Crippen LogP contribution in [0, 0.1) is 11.8 Å². The first-order valence-electron chi connectivity index (χ1n) is 13.9. The van der Waals surface area contributed by atoms with Gasteiger partial charge in [-0.05, 0) is 56.2 Å².